The van der Waals surface area contributed by atoms with Crippen molar-refractivity contribution in [3.8, 4) is 0 Å². The van der Waals surface area contributed by atoms with E-state index < -0.39 is 0 Å². The summed E-state index contributed by atoms with van der Waals surface area (Å²) in [6, 6.07) is 14.7. The van der Waals surface area contributed by atoms with Gasteiger partial charge in [0.15, 0.2) is 0 Å². The van der Waals surface area contributed by atoms with Crippen molar-refractivity contribution in [1.82, 2.24) is 9.88 Å². The lowest BCUT2D eigenvalue weighted by atomic mass is 9.94. The van der Waals surface area contributed by atoms with Crippen LogP contribution in [0.25, 0.3) is 21.8 Å². The van der Waals surface area contributed by atoms with Gasteiger partial charge >= 0.3 is 0 Å². The lowest BCUT2D eigenvalue weighted by molar-refractivity contribution is -0.117. The summed E-state index contributed by atoms with van der Waals surface area (Å²) in [5.74, 6) is 0.637. The fourth-order valence-electron chi connectivity index (χ4n) is 4.03. The zero-order chi connectivity index (χ0) is 17.2. The Morgan fingerprint density at radius 3 is 2.62 bits per heavy atom. The van der Waals surface area contributed by atoms with Gasteiger partial charge in [0.05, 0.1) is 0 Å². The molecular weight excluding hydrogens is 346 g/mol. The van der Waals surface area contributed by atoms with E-state index in [9.17, 15) is 4.79 Å². The molecule has 0 radical (unpaired) electrons. The molecule has 0 spiro atoms. The van der Waals surface area contributed by atoms with Crippen molar-refractivity contribution in [2.75, 3.05) is 18.4 Å². The maximum absolute atomic E-state index is 12.4. The Balaban J connectivity index is 0.00000196. The fraction of sp³-hybridized carbons (Fsp3) is 0.381. The Labute approximate surface area is 160 Å². The third kappa shape index (κ3) is 3.57. The molecule has 0 bridgehead atoms. The summed E-state index contributed by atoms with van der Waals surface area (Å²) in [6.45, 7) is 5.16. The predicted molar refractivity (Wildman–Crippen MR) is 111 cm³/mol. The number of amides is 1. The first-order chi connectivity index (χ1) is 12.3. The minimum absolute atomic E-state index is 0. The number of nitrogens with zero attached hydrogens (tertiary/aromatic N) is 1. The lowest BCUT2D eigenvalue weighted by Gasteiger charge is -2.21. The molecule has 4 rings (SSSR count). The Morgan fingerprint density at radius 1 is 1.12 bits per heavy atom. The average molecular weight is 372 g/mol. The molecule has 138 valence electrons. The lowest BCUT2D eigenvalue weighted by Crippen LogP contribution is -2.30. The van der Waals surface area contributed by atoms with Gasteiger partial charge in [0.25, 0.3) is 0 Å². The zero-order valence-corrected chi connectivity index (χ0v) is 15.9. The van der Waals surface area contributed by atoms with Crippen LogP contribution in [0.2, 0.25) is 0 Å². The number of anilines is 1. The first-order valence-corrected chi connectivity index (χ1v) is 9.28. The first kappa shape index (κ1) is 18.7. The number of carbonyl (C=O) groups is 1. The van der Waals surface area contributed by atoms with Gasteiger partial charge in [-0.25, -0.2) is 0 Å². The first-order valence-electron chi connectivity index (χ1n) is 9.28. The summed E-state index contributed by atoms with van der Waals surface area (Å²) in [5.41, 5.74) is 3.36. The minimum atomic E-state index is 0. The van der Waals surface area contributed by atoms with Gasteiger partial charge in [-0.2, -0.15) is 0 Å². The van der Waals surface area contributed by atoms with Crippen molar-refractivity contribution in [3.63, 3.8) is 0 Å². The molecular formula is C21H26ClN3O. The number of benzene rings is 2. The molecule has 0 aliphatic carbocycles. The molecule has 1 fully saturated rings. The standard InChI is InChI=1S/C21H25N3O.ClH/c1-2-24-19-6-4-3-5-17(19)18-14-16(7-8-20(18)24)23-21(25)13-15-9-11-22-12-10-15;/h3-8,14-15,22H,2,9-13H2,1H3,(H,23,25);1H. The van der Waals surface area contributed by atoms with Crippen LogP contribution in [0.15, 0.2) is 42.5 Å². The third-order valence-corrected chi connectivity index (χ3v) is 5.31. The van der Waals surface area contributed by atoms with E-state index >= 15 is 0 Å². The molecule has 26 heavy (non-hydrogen) atoms. The van der Waals surface area contributed by atoms with E-state index in [0.29, 0.717) is 12.3 Å². The number of rotatable bonds is 4. The van der Waals surface area contributed by atoms with Crippen molar-refractivity contribution >= 4 is 45.8 Å². The molecule has 4 nitrogen and oxygen atoms in total. The second-order valence-corrected chi connectivity index (χ2v) is 6.94. The van der Waals surface area contributed by atoms with Crippen LogP contribution in [-0.2, 0) is 11.3 Å². The molecule has 0 unspecified atom stereocenters. The van der Waals surface area contributed by atoms with Crippen LogP contribution < -0.4 is 10.6 Å². The number of nitrogens with one attached hydrogen (secondary N) is 2. The summed E-state index contributed by atoms with van der Waals surface area (Å²) in [7, 11) is 0. The number of aromatic nitrogens is 1. The highest BCUT2D eigenvalue weighted by Gasteiger charge is 2.17. The SMILES string of the molecule is CCn1c2ccccc2c2cc(NC(=O)CC3CCNCC3)ccc21.Cl. The van der Waals surface area contributed by atoms with Crippen LogP contribution in [0.4, 0.5) is 5.69 Å². The molecule has 2 N–H and O–H groups in total. The highest BCUT2D eigenvalue weighted by Crippen LogP contribution is 2.31. The van der Waals surface area contributed by atoms with Crippen molar-refractivity contribution in [1.29, 1.82) is 0 Å². The Bertz CT molecular complexity index is 912. The van der Waals surface area contributed by atoms with Crippen molar-refractivity contribution in [2.45, 2.75) is 32.7 Å². The van der Waals surface area contributed by atoms with Crippen LogP contribution in [0.3, 0.4) is 0 Å². The van der Waals surface area contributed by atoms with Gasteiger partial charge in [0, 0.05) is 40.5 Å². The summed E-state index contributed by atoms with van der Waals surface area (Å²) in [5, 5.41) is 8.90. The van der Waals surface area contributed by atoms with Gasteiger partial charge in [-0.1, -0.05) is 18.2 Å². The maximum atomic E-state index is 12.4. The maximum Gasteiger partial charge on any atom is 0.224 e. The van der Waals surface area contributed by atoms with Gasteiger partial charge in [0.1, 0.15) is 0 Å². The number of aryl methyl sites for hydroxylation is 1. The van der Waals surface area contributed by atoms with Gasteiger partial charge < -0.3 is 15.2 Å². The molecule has 2 aromatic carbocycles. The molecule has 1 saturated heterocycles. The summed E-state index contributed by atoms with van der Waals surface area (Å²) in [4.78, 5) is 12.4. The number of hydrogen-bond acceptors (Lipinski definition) is 2. The van der Waals surface area contributed by atoms with E-state index in [1.54, 1.807) is 0 Å². The van der Waals surface area contributed by atoms with E-state index in [4.69, 9.17) is 0 Å². The quantitative estimate of drug-likeness (QED) is 0.706. The third-order valence-electron chi connectivity index (χ3n) is 5.31. The highest BCUT2D eigenvalue weighted by molar-refractivity contribution is 6.09. The van der Waals surface area contributed by atoms with Gasteiger partial charge in [0.2, 0.25) is 5.91 Å². The molecule has 2 heterocycles. The van der Waals surface area contributed by atoms with Gasteiger partial charge in [-0.3, -0.25) is 4.79 Å². The monoisotopic (exact) mass is 371 g/mol. The van der Waals surface area contributed by atoms with E-state index in [0.717, 1.165) is 38.2 Å². The molecule has 0 saturated carbocycles. The molecule has 3 aromatic rings. The molecule has 1 aliphatic heterocycles. The Hall–Kier alpha value is -2.04. The van der Waals surface area contributed by atoms with Gasteiger partial charge in [-0.05, 0) is 63.0 Å². The normalized spacial score (nSPS) is 15.1. The average Bonchev–Trinajstić information content (AvgIpc) is 2.95. The fourth-order valence-corrected chi connectivity index (χ4v) is 4.03. The van der Waals surface area contributed by atoms with E-state index in [1.807, 2.05) is 6.07 Å². The van der Waals surface area contributed by atoms with Crippen molar-refractivity contribution < 1.29 is 4.79 Å². The second-order valence-electron chi connectivity index (χ2n) is 6.94. The number of carbonyl (C=O) groups excluding carboxylic acids is 1. The molecule has 1 aliphatic rings. The summed E-state index contributed by atoms with van der Waals surface area (Å²) >= 11 is 0. The Kier molecular flexibility index (Phi) is 5.84. The van der Waals surface area contributed by atoms with Crippen molar-refractivity contribution in [2.24, 2.45) is 5.92 Å². The number of piperidine rings is 1. The zero-order valence-electron chi connectivity index (χ0n) is 15.1. The van der Waals surface area contributed by atoms with E-state index in [2.05, 4.69) is 58.5 Å². The predicted octanol–water partition coefficient (Wildman–Crippen LogP) is 4.56. The van der Waals surface area contributed by atoms with Crippen molar-refractivity contribution in [3.05, 3.63) is 42.5 Å². The van der Waals surface area contributed by atoms with Crippen LogP contribution in [0, 0.1) is 5.92 Å². The molecule has 1 aromatic heterocycles. The molecule has 1 amide bonds. The van der Waals surface area contributed by atoms with Gasteiger partial charge in [-0.15, -0.1) is 12.4 Å². The number of para-hydroxylation sites is 1. The van der Waals surface area contributed by atoms with Crippen LogP contribution in [-0.4, -0.2) is 23.6 Å². The largest absolute Gasteiger partial charge is 0.341 e. The topological polar surface area (TPSA) is 46.1 Å². The summed E-state index contributed by atoms with van der Waals surface area (Å²) in [6.07, 6.45) is 2.81. The number of hydrogen-bond donors (Lipinski definition) is 2. The van der Waals surface area contributed by atoms with Crippen LogP contribution in [0.5, 0.6) is 0 Å². The molecule has 5 heteroatoms. The second kappa shape index (κ2) is 8.11. The highest BCUT2D eigenvalue weighted by atomic mass is 35.5. The van der Waals surface area contributed by atoms with Crippen LogP contribution in [0.1, 0.15) is 26.2 Å². The summed E-state index contributed by atoms with van der Waals surface area (Å²) < 4.78 is 2.32. The van der Waals surface area contributed by atoms with E-state index in [-0.39, 0.29) is 18.3 Å². The van der Waals surface area contributed by atoms with Crippen LogP contribution >= 0.6 is 12.4 Å². The minimum Gasteiger partial charge on any atom is -0.341 e. The molecule has 0 atom stereocenters. The van der Waals surface area contributed by atoms with E-state index in [1.165, 1.54) is 21.8 Å². The Morgan fingerprint density at radius 2 is 1.85 bits per heavy atom. The number of fused-ring (bicyclic) bond motifs is 3. The smallest absolute Gasteiger partial charge is 0.224 e. The number of halogens is 1.